The quantitative estimate of drug-likeness (QED) is 0.779. The molecule has 5 heteroatoms. The van der Waals surface area contributed by atoms with E-state index in [0.29, 0.717) is 29.3 Å². The van der Waals surface area contributed by atoms with E-state index in [1.54, 1.807) is 48.2 Å². The van der Waals surface area contributed by atoms with Crippen LogP contribution in [-0.2, 0) is 0 Å². The number of hydrogen-bond donors (Lipinski definition) is 2. The Morgan fingerprint density at radius 3 is 2.33 bits per heavy atom. The summed E-state index contributed by atoms with van der Waals surface area (Å²) in [6.07, 6.45) is 1.99. The maximum atomic E-state index is 12.3. The van der Waals surface area contributed by atoms with E-state index in [1.807, 2.05) is 32.2 Å². The van der Waals surface area contributed by atoms with Crippen molar-refractivity contribution < 1.29 is 9.59 Å². The molecule has 2 N–H and O–H groups in total. The van der Waals surface area contributed by atoms with Crippen molar-refractivity contribution in [1.29, 1.82) is 0 Å². The molecule has 0 fully saturated rings. The van der Waals surface area contributed by atoms with Gasteiger partial charge >= 0.3 is 0 Å². The minimum Gasteiger partial charge on any atom is -0.352 e. The van der Waals surface area contributed by atoms with Gasteiger partial charge in [-0.25, -0.2) is 0 Å². The van der Waals surface area contributed by atoms with Gasteiger partial charge in [0.25, 0.3) is 11.8 Å². The van der Waals surface area contributed by atoms with Crippen molar-refractivity contribution in [3.63, 3.8) is 0 Å². The normalized spacial score (nSPS) is 10.5. The van der Waals surface area contributed by atoms with Crippen LogP contribution in [0.15, 0.2) is 53.4 Å². The molecule has 0 spiro atoms. The molecular weight excluding hydrogens is 320 g/mol. The molecule has 0 aliphatic heterocycles. The zero-order chi connectivity index (χ0) is 17.5. The molecule has 0 aromatic heterocycles. The summed E-state index contributed by atoms with van der Waals surface area (Å²) in [5, 5.41) is 5.70. The van der Waals surface area contributed by atoms with Gasteiger partial charge in [0, 0.05) is 28.3 Å². The van der Waals surface area contributed by atoms with E-state index in [1.165, 1.54) is 0 Å². The number of anilines is 1. The molecular formula is C19H22N2O2S. The van der Waals surface area contributed by atoms with Crippen LogP contribution in [-0.4, -0.2) is 24.6 Å². The smallest absolute Gasteiger partial charge is 0.255 e. The molecule has 0 bridgehead atoms. The predicted molar refractivity (Wildman–Crippen MR) is 99.8 cm³/mol. The molecule has 0 atom stereocenters. The number of hydrogen-bond acceptors (Lipinski definition) is 3. The Morgan fingerprint density at radius 1 is 1.00 bits per heavy atom. The Bertz CT molecular complexity index is 712. The van der Waals surface area contributed by atoms with Gasteiger partial charge in [-0.3, -0.25) is 9.59 Å². The number of carbonyl (C=O) groups excluding carboxylic acids is 2. The molecule has 4 nitrogen and oxygen atoms in total. The Hall–Kier alpha value is -2.27. The molecule has 24 heavy (non-hydrogen) atoms. The van der Waals surface area contributed by atoms with Crippen molar-refractivity contribution in [3.8, 4) is 0 Å². The Labute approximate surface area is 147 Å². The molecule has 126 valence electrons. The van der Waals surface area contributed by atoms with Gasteiger partial charge in [-0.05, 0) is 54.6 Å². The van der Waals surface area contributed by atoms with Crippen LogP contribution in [0, 0.1) is 5.92 Å². The number of carbonyl (C=O) groups is 2. The molecule has 0 saturated carbocycles. The van der Waals surface area contributed by atoms with Crippen LogP contribution in [0.4, 0.5) is 5.69 Å². The van der Waals surface area contributed by atoms with Gasteiger partial charge in [0.05, 0.1) is 0 Å². The highest BCUT2D eigenvalue weighted by Gasteiger charge is 2.09. The molecule has 2 aromatic carbocycles. The molecule has 2 amide bonds. The third kappa shape index (κ3) is 5.13. The summed E-state index contributed by atoms with van der Waals surface area (Å²) in [5.41, 5.74) is 1.72. The molecule has 0 heterocycles. The van der Waals surface area contributed by atoms with Gasteiger partial charge in [-0.2, -0.15) is 0 Å². The van der Waals surface area contributed by atoms with Crippen LogP contribution in [0.1, 0.15) is 34.6 Å². The van der Waals surface area contributed by atoms with Crippen LogP contribution in [0.2, 0.25) is 0 Å². The SMILES string of the molecule is CSc1ccc(C(=O)Nc2cccc(C(=O)NCC(C)C)c2)cc1. The lowest BCUT2D eigenvalue weighted by Crippen LogP contribution is -2.27. The summed E-state index contributed by atoms with van der Waals surface area (Å²) >= 11 is 1.63. The van der Waals surface area contributed by atoms with Gasteiger partial charge in [0.1, 0.15) is 0 Å². The lowest BCUT2D eigenvalue weighted by molar-refractivity contribution is 0.0947. The Kier molecular flexibility index (Phi) is 6.44. The highest BCUT2D eigenvalue weighted by molar-refractivity contribution is 7.98. The lowest BCUT2D eigenvalue weighted by atomic mass is 10.1. The zero-order valence-corrected chi connectivity index (χ0v) is 14.9. The number of amides is 2. The largest absolute Gasteiger partial charge is 0.352 e. The molecule has 2 rings (SSSR count). The van der Waals surface area contributed by atoms with E-state index < -0.39 is 0 Å². The van der Waals surface area contributed by atoms with E-state index in [2.05, 4.69) is 10.6 Å². The topological polar surface area (TPSA) is 58.2 Å². The van der Waals surface area contributed by atoms with Crippen molar-refractivity contribution in [3.05, 3.63) is 59.7 Å². The number of nitrogens with one attached hydrogen (secondary N) is 2. The van der Waals surface area contributed by atoms with Crippen LogP contribution in [0.5, 0.6) is 0 Å². The van der Waals surface area contributed by atoms with E-state index in [0.717, 1.165) is 4.90 Å². The fourth-order valence-electron chi connectivity index (χ4n) is 2.08. The molecule has 0 saturated heterocycles. The minimum atomic E-state index is -0.192. The molecule has 0 aliphatic rings. The Balaban J connectivity index is 2.05. The first-order chi connectivity index (χ1) is 11.5. The second-order valence-corrected chi connectivity index (χ2v) is 6.75. The van der Waals surface area contributed by atoms with Gasteiger partial charge in [0.15, 0.2) is 0 Å². The molecule has 2 aromatic rings. The average Bonchev–Trinajstić information content (AvgIpc) is 2.59. The van der Waals surface area contributed by atoms with E-state index in [-0.39, 0.29) is 11.8 Å². The van der Waals surface area contributed by atoms with Crippen molar-refractivity contribution in [1.82, 2.24) is 5.32 Å². The second-order valence-electron chi connectivity index (χ2n) is 5.87. The summed E-state index contributed by atoms with van der Waals surface area (Å²) < 4.78 is 0. The van der Waals surface area contributed by atoms with Crippen molar-refractivity contribution >= 4 is 29.3 Å². The van der Waals surface area contributed by atoms with E-state index >= 15 is 0 Å². The van der Waals surface area contributed by atoms with E-state index in [4.69, 9.17) is 0 Å². The van der Waals surface area contributed by atoms with E-state index in [9.17, 15) is 9.59 Å². The van der Waals surface area contributed by atoms with Gasteiger partial charge in [-0.1, -0.05) is 19.9 Å². The zero-order valence-electron chi connectivity index (χ0n) is 14.1. The highest BCUT2D eigenvalue weighted by Crippen LogP contribution is 2.16. The summed E-state index contributed by atoms with van der Waals surface area (Å²) in [7, 11) is 0. The Morgan fingerprint density at radius 2 is 1.71 bits per heavy atom. The first kappa shape index (κ1) is 18.1. The molecule has 0 radical (unpaired) electrons. The summed E-state index contributed by atoms with van der Waals surface area (Å²) in [4.78, 5) is 25.5. The first-order valence-corrected chi connectivity index (χ1v) is 9.05. The van der Waals surface area contributed by atoms with Crippen LogP contribution < -0.4 is 10.6 Å². The molecule has 0 aliphatic carbocycles. The van der Waals surface area contributed by atoms with Crippen molar-refractivity contribution in [2.75, 3.05) is 18.1 Å². The predicted octanol–water partition coefficient (Wildman–Crippen LogP) is 4.05. The standard InChI is InChI=1S/C19H22N2O2S/c1-13(2)12-20-18(22)15-5-4-6-16(11-15)21-19(23)14-7-9-17(24-3)10-8-14/h4-11,13H,12H2,1-3H3,(H,20,22)(H,21,23). The van der Waals surface area contributed by atoms with Crippen LogP contribution in [0.3, 0.4) is 0 Å². The molecule has 0 unspecified atom stereocenters. The maximum Gasteiger partial charge on any atom is 0.255 e. The number of thioether (sulfide) groups is 1. The first-order valence-electron chi connectivity index (χ1n) is 7.83. The van der Waals surface area contributed by atoms with Crippen molar-refractivity contribution in [2.45, 2.75) is 18.7 Å². The van der Waals surface area contributed by atoms with Gasteiger partial charge in [0.2, 0.25) is 0 Å². The summed E-state index contributed by atoms with van der Waals surface area (Å²) in [6.45, 7) is 4.70. The second kappa shape index (κ2) is 8.55. The minimum absolute atomic E-state index is 0.135. The fraction of sp³-hybridized carbons (Fsp3) is 0.263. The van der Waals surface area contributed by atoms with Gasteiger partial charge in [-0.15, -0.1) is 11.8 Å². The highest BCUT2D eigenvalue weighted by atomic mass is 32.2. The third-order valence-corrected chi connectivity index (χ3v) is 4.15. The summed E-state index contributed by atoms with van der Waals surface area (Å²) in [6, 6.07) is 14.4. The third-order valence-electron chi connectivity index (χ3n) is 3.41. The fourth-order valence-corrected chi connectivity index (χ4v) is 2.49. The van der Waals surface area contributed by atoms with Crippen molar-refractivity contribution in [2.24, 2.45) is 5.92 Å². The number of benzene rings is 2. The average molecular weight is 342 g/mol. The lowest BCUT2D eigenvalue weighted by Gasteiger charge is -2.10. The summed E-state index contributed by atoms with van der Waals surface area (Å²) in [5.74, 6) is 0.0626. The monoisotopic (exact) mass is 342 g/mol. The maximum absolute atomic E-state index is 12.3. The van der Waals surface area contributed by atoms with Crippen LogP contribution >= 0.6 is 11.8 Å². The van der Waals surface area contributed by atoms with Crippen LogP contribution in [0.25, 0.3) is 0 Å². The van der Waals surface area contributed by atoms with Gasteiger partial charge < -0.3 is 10.6 Å². The number of rotatable bonds is 6.